The van der Waals surface area contributed by atoms with Crippen molar-refractivity contribution in [2.75, 3.05) is 33.9 Å². The van der Waals surface area contributed by atoms with Gasteiger partial charge in [-0.15, -0.1) is 0 Å². The smallest absolute Gasteiger partial charge is 0.247 e. The summed E-state index contributed by atoms with van der Waals surface area (Å²) in [6, 6.07) is 10.2. The second kappa shape index (κ2) is 16.1. The molecule has 2 aromatic rings. The molecular weight excluding hydrogens is 655 g/mol. The highest BCUT2D eigenvalue weighted by Crippen LogP contribution is 2.37. The lowest BCUT2D eigenvalue weighted by Gasteiger charge is -2.41. The predicted molar refractivity (Wildman–Crippen MR) is 167 cm³/mol. The maximum Gasteiger partial charge on any atom is 0.247 e. The highest BCUT2D eigenvalue weighted by atomic mass is 127. The van der Waals surface area contributed by atoms with Gasteiger partial charge in [0.25, 0.3) is 0 Å². The fourth-order valence-corrected chi connectivity index (χ4v) is 5.71. The van der Waals surface area contributed by atoms with Crippen molar-refractivity contribution in [3.05, 3.63) is 62.7 Å². The fourth-order valence-electron chi connectivity index (χ4n) is 4.91. The molecule has 0 aliphatic heterocycles. The van der Waals surface area contributed by atoms with Gasteiger partial charge < -0.3 is 39.7 Å². The first-order valence-electron chi connectivity index (χ1n) is 14.0. The Labute approximate surface area is 260 Å². The van der Waals surface area contributed by atoms with Gasteiger partial charge in [-0.3, -0.25) is 9.59 Å². The van der Waals surface area contributed by atoms with Gasteiger partial charge in [-0.2, -0.15) is 0 Å². The summed E-state index contributed by atoms with van der Waals surface area (Å²) < 4.78 is 17.8. The van der Waals surface area contributed by atoms with Crippen molar-refractivity contribution < 1.29 is 39.1 Å². The molecular formula is C31H41IN2O8. The lowest BCUT2D eigenvalue weighted by Crippen LogP contribution is -2.55. The Morgan fingerprint density at radius 3 is 2.52 bits per heavy atom. The van der Waals surface area contributed by atoms with Gasteiger partial charge in [-0.25, -0.2) is 0 Å². The minimum atomic E-state index is -1.17. The Morgan fingerprint density at radius 2 is 1.88 bits per heavy atom. The van der Waals surface area contributed by atoms with Crippen LogP contribution in [0.2, 0.25) is 0 Å². The number of hydrogen-bond donors (Lipinski definition) is 4. The Balaban J connectivity index is 2.00. The van der Waals surface area contributed by atoms with Gasteiger partial charge in [-0.1, -0.05) is 26.0 Å². The number of hydrogen-bond acceptors (Lipinski definition) is 8. The number of benzene rings is 2. The van der Waals surface area contributed by atoms with E-state index in [-0.39, 0.29) is 44.4 Å². The second-order valence-corrected chi connectivity index (χ2v) is 11.7. The number of ether oxygens (including phenoxy) is 3. The zero-order valence-electron chi connectivity index (χ0n) is 24.5. The fraction of sp³-hybridized carbons (Fsp3) is 0.484. The number of methoxy groups -OCH3 is 2. The summed E-state index contributed by atoms with van der Waals surface area (Å²) >= 11 is 2.07. The average molecular weight is 697 g/mol. The first-order valence-corrected chi connectivity index (χ1v) is 15.0. The van der Waals surface area contributed by atoms with Crippen LogP contribution < -0.4 is 19.5 Å². The van der Waals surface area contributed by atoms with E-state index in [0.29, 0.717) is 44.9 Å². The molecule has 10 nitrogen and oxygen atoms in total. The third kappa shape index (κ3) is 8.82. The van der Waals surface area contributed by atoms with Crippen LogP contribution in [0.15, 0.2) is 48.0 Å². The third-order valence-corrected chi connectivity index (χ3v) is 7.82. The molecule has 3 atom stereocenters. The van der Waals surface area contributed by atoms with Crippen LogP contribution in [0.3, 0.4) is 0 Å². The normalized spacial score (nSPS) is 18.3. The molecule has 0 saturated heterocycles. The van der Waals surface area contributed by atoms with Crippen LogP contribution >= 0.6 is 22.6 Å². The number of halogens is 1. The Kier molecular flexibility index (Phi) is 12.9. The SMILES string of the molecule is COc1cccc(CCN(C(=O)CC(C)C)[C@@H]2CC(C(=O)NCCO)=C[C@H](Oc3c(I)cc(CO)cc3OC)[C@H]2O)c1. The molecule has 0 fully saturated rings. The summed E-state index contributed by atoms with van der Waals surface area (Å²) in [5, 5.41) is 33.3. The molecule has 1 aliphatic carbocycles. The van der Waals surface area contributed by atoms with Crippen molar-refractivity contribution in [3.63, 3.8) is 0 Å². The van der Waals surface area contributed by atoms with Gasteiger partial charge in [0, 0.05) is 31.5 Å². The van der Waals surface area contributed by atoms with E-state index >= 15 is 0 Å². The summed E-state index contributed by atoms with van der Waals surface area (Å²) in [5.41, 5.74) is 1.94. The summed E-state index contributed by atoms with van der Waals surface area (Å²) in [7, 11) is 3.08. The third-order valence-electron chi connectivity index (χ3n) is 7.02. The van der Waals surface area contributed by atoms with E-state index in [4.69, 9.17) is 14.2 Å². The molecule has 0 heterocycles. The highest BCUT2D eigenvalue weighted by molar-refractivity contribution is 14.1. The maximum atomic E-state index is 13.6. The van der Waals surface area contributed by atoms with Crippen LogP contribution in [0.4, 0.5) is 0 Å². The van der Waals surface area contributed by atoms with E-state index in [0.717, 1.165) is 5.56 Å². The van der Waals surface area contributed by atoms with Crippen molar-refractivity contribution in [2.24, 2.45) is 5.92 Å². The predicted octanol–water partition coefficient (Wildman–Crippen LogP) is 2.83. The van der Waals surface area contributed by atoms with Crippen molar-refractivity contribution in [1.29, 1.82) is 0 Å². The van der Waals surface area contributed by atoms with Crippen LogP contribution in [0.25, 0.3) is 0 Å². The van der Waals surface area contributed by atoms with E-state index < -0.39 is 24.2 Å². The molecule has 42 heavy (non-hydrogen) atoms. The van der Waals surface area contributed by atoms with Crippen molar-refractivity contribution in [1.82, 2.24) is 10.2 Å². The van der Waals surface area contributed by atoms with Crippen LogP contribution in [-0.2, 0) is 22.6 Å². The van der Waals surface area contributed by atoms with Gasteiger partial charge >= 0.3 is 0 Å². The number of aliphatic hydroxyl groups is 3. The topological polar surface area (TPSA) is 138 Å². The van der Waals surface area contributed by atoms with E-state index in [1.54, 1.807) is 30.2 Å². The molecule has 11 heteroatoms. The Bertz CT molecular complexity index is 1250. The number of carbonyl (C=O) groups is 2. The van der Waals surface area contributed by atoms with Gasteiger partial charge in [0.1, 0.15) is 18.0 Å². The molecule has 0 aromatic heterocycles. The van der Waals surface area contributed by atoms with E-state index in [2.05, 4.69) is 27.9 Å². The van der Waals surface area contributed by atoms with E-state index in [1.165, 1.54) is 7.11 Å². The molecule has 0 radical (unpaired) electrons. The standard InChI is InChI=1S/C31H41IN2O8/c1-19(2)12-28(37)34(10-8-20-6-5-7-23(13-20)40-3)25-16-22(31(39)33-9-11-35)17-26(29(25)38)42-30-24(32)14-21(18-36)15-27(30)41-4/h5-7,13-15,17,19,25-26,29,35-36,38H,8-12,16,18H2,1-4H3,(H,33,39)/t25-,26+,29+/m1/s1. The largest absolute Gasteiger partial charge is 0.497 e. The number of carbonyl (C=O) groups excluding carboxylic acids is 2. The minimum Gasteiger partial charge on any atom is -0.497 e. The first-order chi connectivity index (χ1) is 20.1. The van der Waals surface area contributed by atoms with E-state index in [1.807, 2.05) is 38.1 Å². The molecule has 230 valence electrons. The highest BCUT2D eigenvalue weighted by Gasteiger charge is 2.41. The molecule has 0 saturated carbocycles. The van der Waals surface area contributed by atoms with Crippen LogP contribution in [0.5, 0.6) is 17.2 Å². The van der Waals surface area contributed by atoms with E-state index in [9.17, 15) is 24.9 Å². The van der Waals surface area contributed by atoms with Gasteiger partial charge in [0.15, 0.2) is 11.5 Å². The molecule has 2 aromatic carbocycles. The number of nitrogens with zero attached hydrogens (tertiary/aromatic N) is 1. The summed E-state index contributed by atoms with van der Waals surface area (Å²) in [6.45, 7) is 3.88. The number of amides is 2. The van der Waals surface area contributed by atoms with Crippen molar-refractivity contribution in [2.45, 2.75) is 58.0 Å². The number of nitrogens with one attached hydrogen (secondary N) is 1. The molecule has 4 N–H and O–H groups in total. The van der Waals surface area contributed by atoms with Gasteiger partial charge in [-0.05, 0) is 76.4 Å². The number of aliphatic hydroxyl groups excluding tert-OH is 3. The summed E-state index contributed by atoms with van der Waals surface area (Å²) in [4.78, 5) is 28.4. The maximum absolute atomic E-state index is 13.6. The second-order valence-electron chi connectivity index (χ2n) is 10.6. The quantitative estimate of drug-likeness (QED) is 0.222. The van der Waals surface area contributed by atoms with Gasteiger partial charge in [0.05, 0.1) is 37.0 Å². The minimum absolute atomic E-state index is 0.0646. The summed E-state index contributed by atoms with van der Waals surface area (Å²) in [6.07, 6.45) is 0.302. The van der Waals surface area contributed by atoms with Crippen molar-refractivity contribution >= 4 is 34.4 Å². The monoisotopic (exact) mass is 696 g/mol. The van der Waals surface area contributed by atoms with Crippen molar-refractivity contribution in [3.8, 4) is 17.2 Å². The zero-order valence-corrected chi connectivity index (χ0v) is 26.7. The molecule has 2 amide bonds. The lowest BCUT2D eigenvalue weighted by molar-refractivity contribution is -0.139. The van der Waals surface area contributed by atoms with Crippen LogP contribution in [-0.4, -0.2) is 84.2 Å². The molecule has 0 unspecified atom stereocenters. The van der Waals surface area contributed by atoms with Crippen LogP contribution in [0, 0.1) is 9.49 Å². The zero-order chi connectivity index (χ0) is 30.8. The Hall–Kier alpha value is -2.87. The molecule has 3 rings (SSSR count). The summed E-state index contributed by atoms with van der Waals surface area (Å²) in [5.74, 6) is 0.972. The molecule has 0 spiro atoms. The molecule has 1 aliphatic rings. The average Bonchev–Trinajstić information content (AvgIpc) is 2.97. The Morgan fingerprint density at radius 1 is 1.12 bits per heavy atom. The van der Waals surface area contributed by atoms with Gasteiger partial charge in [0.2, 0.25) is 11.8 Å². The van der Waals surface area contributed by atoms with Crippen LogP contribution in [0.1, 0.15) is 37.8 Å². The lowest BCUT2D eigenvalue weighted by atomic mass is 9.87. The first kappa shape index (κ1) is 33.6. The molecule has 0 bridgehead atoms. The number of rotatable bonds is 14.